The van der Waals surface area contributed by atoms with Gasteiger partial charge in [0.05, 0.1) is 41.2 Å². The van der Waals surface area contributed by atoms with Crippen LogP contribution in [0.15, 0.2) is 53.9 Å². The van der Waals surface area contributed by atoms with E-state index < -0.39 is 12.6 Å². The molecule has 39 heavy (non-hydrogen) atoms. The number of carboxylic acids is 1. The van der Waals surface area contributed by atoms with Crippen molar-refractivity contribution in [3.8, 4) is 22.7 Å². The molecular weight excluding hydrogens is 524 g/mol. The van der Waals surface area contributed by atoms with E-state index in [0.717, 1.165) is 63.0 Å². The molecule has 3 N–H and O–H groups in total. The molecule has 1 aliphatic heterocycles. The van der Waals surface area contributed by atoms with E-state index in [1.807, 2.05) is 54.1 Å². The molecule has 200 valence electrons. The van der Waals surface area contributed by atoms with Gasteiger partial charge in [0.15, 0.2) is 18.1 Å². The molecule has 14 heteroatoms. The molecule has 0 amide bonds. The summed E-state index contributed by atoms with van der Waals surface area (Å²) in [4.78, 5) is 29.0. The van der Waals surface area contributed by atoms with E-state index in [4.69, 9.17) is 19.9 Å². The maximum Gasteiger partial charge on any atom is 0.341 e. The quantitative estimate of drug-likeness (QED) is 0.256. The number of hydrogen-bond donors (Lipinski definition) is 3. The van der Waals surface area contributed by atoms with Crippen LogP contribution in [0.5, 0.6) is 5.75 Å². The van der Waals surface area contributed by atoms with Gasteiger partial charge in [-0.05, 0) is 18.2 Å². The van der Waals surface area contributed by atoms with Crippen molar-refractivity contribution in [3.63, 3.8) is 0 Å². The van der Waals surface area contributed by atoms with Crippen molar-refractivity contribution in [3.05, 3.63) is 49.1 Å². The van der Waals surface area contributed by atoms with Crippen LogP contribution in [0.2, 0.25) is 0 Å². The molecule has 0 saturated carbocycles. The lowest BCUT2D eigenvalue weighted by atomic mass is 10.2. The maximum absolute atomic E-state index is 9.47. The highest BCUT2D eigenvalue weighted by molar-refractivity contribution is 7.99. The minimum atomic E-state index is -1.15. The summed E-state index contributed by atoms with van der Waals surface area (Å²) >= 11 is 1.83. The third-order valence-electron chi connectivity index (χ3n) is 5.82. The summed E-state index contributed by atoms with van der Waals surface area (Å²) < 4.78 is 13.2. The zero-order chi connectivity index (χ0) is 27.4. The van der Waals surface area contributed by atoms with Crippen molar-refractivity contribution in [2.45, 2.75) is 4.90 Å². The molecule has 5 heterocycles. The number of aliphatic carboxylic acids is 1. The average molecular weight is 549 g/mol. The molecule has 0 aliphatic carbocycles. The molecule has 0 radical (unpaired) electrons. The number of anilines is 2. The standard InChI is InChI=1S/C22H20N8OS.C3H4O4/c1-23-21-14-11-26-15(13-12-27-29-6-3-4-25-22(13)29)8-17(14)30(28-21)18-10-20-16(9-19(18)31-2)24-5-7-32-20;4-2-7-1-3(5)6/h3-4,6,8-12,24H,5,7H2,1-2H3,(H,23,28);2H,1H2,(H,5,6). The molecule has 0 saturated heterocycles. The second-order valence-corrected chi connectivity index (χ2v) is 9.28. The molecule has 1 aromatic carbocycles. The van der Waals surface area contributed by atoms with Crippen molar-refractivity contribution in [2.75, 3.05) is 43.7 Å². The Morgan fingerprint density at radius 3 is 2.90 bits per heavy atom. The normalized spacial score (nSPS) is 12.2. The van der Waals surface area contributed by atoms with Crippen molar-refractivity contribution in [1.29, 1.82) is 0 Å². The number of nitrogens with one attached hydrogen (secondary N) is 2. The van der Waals surface area contributed by atoms with Crippen LogP contribution in [0, 0.1) is 0 Å². The number of rotatable bonds is 7. The van der Waals surface area contributed by atoms with Crippen LogP contribution in [0.25, 0.3) is 33.5 Å². The predicted octanol–water partition coefficient (Wildman–Crippen LogP) is 2.94. The van der Waals surface area contributed by atoms with Crippen LogP contribution in [-0.4, -0.2) is 80.0 Å². The lowest BCUT2D eigenvalue weighted by molar-refractivity contribution is -0.147. The first-order valence-corrected chi connectivity index (χ1v) is 12.7. The number of aromatic nitrogens is 6. The second kappa shape index (κ2) is 11.3. The topological polar surface area (TPSA) is 158 Å². The van der Waals surface area contributed by atoms with Gasteiger partial charge in [0.2, 0.25) is 0 Å². The number of fused-ring (bicyclic) bond motifs is 3. The number of carboxylic acid groups (broad SMARTS) is 1. The highest BCUT2D eigenvalue weighted by Gasteiger charge is 2.20. The van der Waals surface area contributed by atoms with Crippen molar-refractivity contribution >= 4 is 52.3 Å². The monoisotopic (exact) mass is 548 g/mol. The van der Waals surface area contributed by atoms with Crippen LogP contribution in [0.4, 0.5) is 11.5 Å². The van der Waals surface area contributed by atoms with Crippen LogP contribution in [0.3, 0.4) is 0 Å². The SMILES string of the molecule is CNc1nn(-c2cc3c(cc2OC)NCCS3)c2cc(-c3cnn4cccnc34)ncc12.O=COCC(=O)O. The zero-order valence-corrected chi connectivity index (χ0v) is 21.8. The summed E-state index contributed by atoms with van der Waals surface area (Å²) in [6.07, 6.45) is 7.26. The number of nitrogens with zero attached hydrogens (tertiary/aromatic N) is 6. The summed E-state index contributed by atoms with van der Waals surface area (Å²) in [5, 5.41) is 24.6. The van der Waals surface area contributed by atoms with E-state index in [-0.39, 0.29) is 6.47 Å². The van der Waals surface area contributed by atoms with E-state index in [1.165, 1.54) is 4.90 Å². The van der Waals surface area contributed by atoms with Gasteiger partial charge >= 0.3 is 5.97 Å². The largest absolute Gasteiger partial charge is 0.494 e. The van der Waals surface area contributed by atoms with Gasteiger partial charge in [-0.2, -0.15) is 5.10 Å². The highest BCUT2D eigenvalue weighted by Crippen LogP contribution is 2.40. The van der Waals surface area contributed by atoms with Gasteiger partial charge in [0.1, 0.15) is 11.4 Å². The Morgan fingerprint density at radius 2 is 2.15 bits per heavy atom. The van der Waals surface area contributed by atoms with Gasteiger partial charge in [-0.25, -0.2) is 19.0 Å². The number of benzene rings is 1. The molecule has 1 aliphatic rings. The fraction of sp³-hybridized carbons (Fsp3) is 0.200. The fourth-order valence-corrected chi connectivity index (χ4v) is 5.03. The maximum atomic E-state index is 9.47. The third kappa shape index (κ3) is 5.13. The van der Waals surface area contributed by atoms with Crippen LogP contribution in [0.1, 0.15) is 0 Å². The van der Waals surface area contributed by atoms with Gasteiger partial charge in [-0.15, -0.1) is 16.9 Å². The van der Waals surface area contributed by atoms with Crippen molar-refractivity contribution < 1.29 is 24.2 Å². The van der Waals surface area contributed by atoms with Crippen LogP contribution < -0.4 is 15.4 Å². The zero-order valence-electron chi connectivity index (χ0n) is 21.0. The second-order valence-electron chi connectivity index (χ2n) is 8.14. The Labute approximate surface area is 226 Å². The van der Waals surface area contributed by atoms with E-state index in [9.17, 15) is 9.59 Å². The van der Waals surface area contributed by atoms with Gasteiger partial charge in [0, 0.05) is 48.9 Å². The Balaban J connectivity index is 0.000000392. The Hall–Kier alpha value is -4.85. The van der Waals surface area contributed by atoms with E-state index in [2.05, 4.69) is 31.5 Å². The smallest absolute Gasteiger partial charge is 0.341 e. The number of carbonyl (C=O) groups is 2. The fourth-order valence-electron chi connectivity index (χ4n) is 4.12. The highest BCUT2D eigenvalue weighted by atomic mass is 32.2. The number of thioether (sulfide) groups is 1. The Morgan fingerprint density at radius 1 is 1.28 bits per heavy atom. The first-order valence-electron chi connectivity index (χ1n) is 11.8. The van der Waals surface area contributed by atoms with Gasteiger partial charge in [-0.3, -0.25) is 9.78 Å². The molecule has 5 aromatic rings. The van der Waals surface area contributed by atoms with Gasteiger partial charge in [-0.1, -0.05) is 0 Å². The van der Waals surface area contributed by atoms with Gasteiger partial charge < -0.3 is 25.2 Å². The molecule has 4 aromatic heterocycles. The lowest BCUT2D eigenvalue weighted by Gasteiger charge is -2.20. The number of pyridine rings is 1. The Kier molecular flexibility index (Phi) is 7.45. The average Bonchev–Trinajstić information content (AvgIpc) is 3.57. The first-order chi connectivity index (χ1) is 19.0. The molecule has 0 atom stereocenters. The van der Waals surface area contributed by atoms with Crippen molar-refractivity contribution in [1.82, 2.24) is 29.4 Å². The Bertz CT molecular complexity index is 1670. The summed E-state index contributed by atoms with van der Waals surface area (Å²) in [5.74, 6) is 1.38. The number of methoxy groups -OCH3 is 1. The summed E-state index contributed by atoms with van der Waals surface area (Å²) in [5.41, 5.74) is 5.29. The summed E-state index contributed by atoms with van der Waals surface area (Å²) in [7, 11) is 3.54. The lowest BCUT2D eigenvalue weighted by Crippen LogP contribution is -2.11. The minimum absolute atomic E-state index is 0.0914. The van der Waals surface area contributed by atoms with Crippen LogP contribution in [-0.2, 0) is 14.3 Å². The molecule has 0 bridgehead atoms. The molecule has 6 rings (SSSR count). The number of hydrogen-bond acceptors (Lipinski definition) is 11. The van der Waals surface area contributed by atoms with Crippen LogP contribution >= 0.6 is 11.8 Å². The molecule has 13 nitrogen and oxygen atoms in total. The molecule has 0 unspecified atom stereocenters. The predicted molar refractivity (Wildman–Crippen MR) is 146 cm³/mol. The summed E-state index contributed by atoms with van der Waals surface area (Å²) in [6, 6.07) is 8.05. The summed E-state index contributed by atoms with van der Waals surface area (Å²) in [6.45, 7) is 0.481. The third-order valence-corrected chi connectivity index (χ3v) is 6.87. The van der Waals surface area contributed by atoms with E-state index in [0.29, 0.717) is 0 Å². The molecular formula is C25H24N8O5S. The first kappa shape index (κ1) is 25.8. The number of carbonyl (C=O) groups excluding carboxylic acids is 1. The van der Waals surface area contributed by atoms with E-state index >= 15 is 0 Å². The van der Waals surface area contributed by atoms with Gasteiger partial charge in [0.25, 0.3) is 6.47 Å². The van der Waals surface area contributed by atoms with E-state index in [1.54, 1.807) is 24.0 Å². The molecule has 0 fully saturated rings. The minimum Gasteiger partial charge on any atom is -0.494 e. The van der Waals surface area contributed by atoms with Crippen molar-refractivity contribution in [2.24, 2.45) is 0 Å². The number of ether oxygens (including phenoxy) is 2. The molecule has 0 spiro atoms.